The minimum atomic E-state index is -0.983. The molecule has 0 bridgehead atoms. The second kappa shape index (κ2) is 11.3. The Labute approximate surface area is 232 Å². The van der Waals surface area contributed by atoms with Crippen LogP contribution in [0.15, 0.2) is 83.3 Å². The smallest absolute Gasteiger partial charge is 0.354 e. The van der Waals surface area contributed by atoms with Gasteiger partial charge in [0.05, 0.1) is 0 Å². The van der Waals surface area contributed by atoms with Crippen molar-refractivity contribution in [2.75, 3.05) is 6.54 Å². The zero-order chi connectivity index (χ0) is 27.5. The summed E-state index contributed by atoms with van der Waals surface area (Å²) in [5.74, 6) is 0.507. The van der Waals surface area contributed by atoms with Crippen LogP contribution in [0, 0.1) is 6.92 Å². The molecule has 202 valence electrons. The predicted octanol–water partition coefficient (Wildman–Crippen LogP) is 6.69. The molecule has 0 fully saturated rings. The highest BCUT2D eigenvalue weighted by molar-refractivity contribution is 5.85. The average Bonchev–Trinajstić information content (AvgIpc) is 3.40. The monoisotopic (exact) mass is 533 g/mol. The van der Waals surface area contributed by atoms with Crippen LogP contribution in [0.3, 0.4) is 0 Å². The Balaban J connectivity index is 1.06. The van der Waals surface area contributed by atoms with Crippen LogP contribution in [0.2, 0.25) is 0 Å². The zero-order valence-electron chi connectivity index (χ0n) is 22.4. The van der Waals surface area contributed by atoms with E-state index >= 15 is 0 Å². The topological polar surface area (TPSA) is 97.5 Å². The molecule has 0 radical (unpaired) electrons. The van der Waals surface area contributed by atoms with Gasteiger partial charge < -0.3 is 19.6 Å². The van der Waals surface area contributed by atoms with Gasteiger partial charge in [0.1, 0.15) is 23.6 Å². The lowest BCUT2D eigenvalue weighted by Crippen LogP contribution is -2.28. The van der Waals surface area contributed by atoms with Gasteiger partial charge in [-0.1, -0.05) is 42.5 Å². The molecule has 0 amide bonds. The number of hydrogen-bond acceptors (Lipinski definition) is 6. The van der Waals surface area contributed by atoms with Gasteiger partial charge >= 0.3 is 5.97 Å². The van der Waals surface area contributed by atoms with E-state index in [1.54, 1.807) is 6.07 Å². The number of oxazole rings is 1. The number of rotatable bonds is 9. The number of pyridine rings is 1. The molecule has 6 rings (SSSR count). The van der Waals surface area contributed by atoms with E-state index < -0.39 is 5.97 Å². The molecular formula is C33H31N3O4. The summed E-state index contributed by atoms with van der Waals surface area (Å²) < 4.78 is 12.2. The lowest BCUT2D eigenvalue weighted by Gasteiger charge is -2.26. The molecule has 0 saturated heterocycles. The van der Waals surface area contributed by atoms with Gasteiger partial charge in [0, 0.05) is 17.3 Å². The first-order valence-corrected chi connectivity index (χ1v) is 13.7. The van der Waals surface area contributed by atoms with Gasteiger partial charge in [-0.2, -0.15) is 0 Å². The average molecular weight is 534 g/mol. The molecule has 1 atom stereocenters. The van der Waals surface area contributed by atoms with Crippen LogP contribution in [0.4, 0.5) is 0 Å². The summed E-state index contributed by atoms with van der Waals surface area (Å²) in [5, 5.41) is 12.9. The molecule has 0 saturated carbocycles. The van der Waals surface area contributed by atoms with Crippen LogP contribution >= 0.6 is 0 Å². The molecule has 3 aromatic carbocycles. The maximum absolute atomic E-state index is 11.3. The quantitative estimate of drug-likeness (QED) is 0.218. The number of aryl methyl sites for hydroxylation is 2. The number of nitrogens with one attached hydrogen (secondary N) is 1. The van der Waals surface area contributed by atoms with Gasteiger partial charge in [-0.15, -0.1) is 0 Å². The van der Waals surface area contributed by atoms with Gasteiger partial charge in [-0.3, -0.25) is 0 Å². The Morgan fingerprint density at radius 1 is 1.05 bits per heavy atom. The Morgan fingerprint density at radius 3 is 2.75 bits per heavy atom. The summed E-state index contributed by atoms with van der Waals surface area (Å²) in [7, 11) is 0. The maximum Gasteiger partial charge on any atom is 0.354 e. The first-order valence-electron chi connectivity index (χ1n) is 13.7. The van der Waals surface area contributed by atoms with Crippen molar-refractivity contribution in [1.82, 2.24) is 15.3 Å². The van der Waals surface area contributed by atoms with E-state index in [4.69, 9.17) is 9.15 Å². The molecule has 2 heterocycles. The van der Waals surface area contributed by atoms with Crippen molar-refractivity contribution in [1.29, 1.82) is 0 Å². The third kappa shape index (κ3) is 5.60. The first kappa shape index (κ1) is 25.8. The lowest BCUT2D eigenvalue weighted by atomic mass is 9.91. The third-order valence-electron chi connectivity index (χ3n) is 7.41. The predicted molar refractivity (Wildman–Crippen MR) is 154 cm³/mol. The fraction of sp³-hybridized carbons (Fsp3) is 0.242. The number of nitrogens with zero attached hydrogens (tertiary/aromatic N) is 2. The number of hydrogen-bond donors (Lipinski definition) is 2. The molecule has 0 aliphatic heterocycles. The SMILES string of the molecule is Cc1ccc2oc(-c3ccc(COc4ccccc4CCNC4CCCc5nc(C(=O)O)ccc54)cc3)nc2c1. The summed E-state index contributed by atoms with van der Waals surface area (Å²) in [6.07, 6.45) is 3.64. The number of aromatic nitrogens is 2. The van der Waals surface area contributed by atoms with E-state index in [1.165, 1.54) is 0 Å². The summed E-state index contributed by atoms with van der Waals surface area (Å²) in [5.41, 5.74) is 8.06. The summed E-state index contributed by atoms with van der Waals surface area (Å²) in [6.45, 7) is 3.29. The summed E-state index contributed by atoms with van der Waals surface area (Å²) in [6, 6.07) is 26.0. The van der Waals surface area contributed by atoms with Crippen molar-refractivity contribution >= 4 is 17.1 Å². The van der Waals surface area contributed by atoms with Gasteiger partial charge in [0.25, 0.3) is 0 Å². The van der Waals surface area contributed by atoms with Crippen LogP contribution in [0.25, 0.3) is 22.6 Å². The maximum atomic E-state index is 11.3. The van der Waals surface area contributed by atoms with Crippen LogP contribution in [-0.4, -0.2) is 27.6 Å². The number of benzene rings is 3. The van der Waals surface area contributed by atoms with E-state index in [2.05, 4.69) is 21.4 Å². The summed E-state index contributed by atoms with van der Waals surface area (Å²) in [4.78, 5) is 20.3. The van der Waals surface area contributed by atoms with Crippen molar-refractivity contribution in [3.63, 3.8) is 0 Å². The van der Waals surface area contributed by atoms with Crippen molar-refractivity contribution in [2.45, 2.75) is 45.3 Å². The van der Waals surface area contributed by atoms with E-state index in [0.717, 1.165) is 82.6 Å². The number of para-hydroxylation sites is 1. The normalized spacial score (nSPS) is 14.7. The zero-order valence-corrected chi connectivity index (χ0v) is 22.4. The number of carbonyl (C=O) groups is 1. The van der Waals surface area contributed by atoms with Crippen molar-refractivity contribution in [2.24, 2.45) is 0 Å². The second-order valence-electron chi connectivity index (χ2n) is 10.3. The number of ether oxygens (including phenoxy) is 1. The molecule has 2 aromatic heterocycles. The molecule has 40 heavy (non-hydrogen) atoms. The van der Waals surface area contributed by atoms with E-state index in [9.17, 15) is 9.90 Å². The van der Waals surface area contributed by atoms with Crippen molar-refractivity contribution < 1.29 is 19.1 Å². The highest BCUT2D eigenvalue weighted by Gasteiger charge is 2.22. The molecule has 1 aliphatic carbocycles. The first-order chi connectivity index (χ1) is 19.5. The molecule has 0 spiro atoms. The molecule has 2 N–H and O–H groups in total. The minimum absolute atomic E-state index is 0.112. The van der Waals surface area contributed by atoms with Crippen LogP contribution < -0.4 is 10.1 Å². The van der Waals surface area contributed by atoms with Gasteiger partial charge in [-0.25, -0.2) is 14.8 Å². The summed E-state index contributed by atoms with van der Waals surface area (Å²) >= 11 is 0. The fourth-order valence-electron chi connectivity index (χ4n) is 5.29. The molecular weight excluding hydrogens is 502 g/mol. The molecule has 7 heteroatoms. The van der Waals surface area contributed by atoms with Crippen LogP contribution in [0.5, 0.6) is 5.75 Å². The Kier molecular flexibility index (Phi) is 7.29. The fourth-order valence-corrected chi connectivity index (χ4v) is 5.29. The highest BCUT2D eigenvalue weighted by atomic mass is 16.5. The van der Waals surface area contributed by atoms with Gasteiger partial charge in [-0.05, 0) is 97.8 Å². The second-order valence-corrected chi connectivity index (χ2v) is 10.3. The van der Waals surface area contributed by atoms with Gasteiger partial charge in [0.2, 0.25) is 5.89 Å². The van der Waals surface area contributed by atoms with E-state index in [1.807, 2.05) is 73.7 Å². The number of fused-ring (bicyclic) bond motifs is 2. The molecule has 1 aliphatic rings. The van der Waals surface area contributed by atoms with Crippen LogP contribution in [0.1, 0.15) is 57.3 Å². The van der Waals surface area contributed by atoms with E-state index in [-0.39, 0.29) is 11.7 Å². The van der Waals surface area contributed by atoms with Crippen molar-refractivity contribution in [3.05, 3.63) is 113 Å². The third-order valence-corrected chi connectivity index (χ3v) is 7.41. The molecule has 5 aromatic rings. The van der Waals surface area contributed by atoms with E-state index in [0.29, 0.717) is 12.5 Å². The molecule has 7 nitrogen and oxygen atoms in total. The Morgan fingerprint density at radius 2 is 1.90 bits per heavy atom. The molecule has 1 unspecified atom stereocenters. The van der Waals surface area contributed by atoms with Crippen LogP contribution in [-0.2, 0) is 19.4 Å². The largest absolute Gasteiger partial charge is 0.489 e. The number of carboxylic acid groups (broad SMARTS) is 1. The lowest BCUT2D eigenvalue weighted by molar-refractivity contribution is 0.0690. The van der Waals surface area contributed by atoms with Crippen molar-refractivity contribution in [3.8, 4) is 17.2 Å². The number of carboxylic acids is 1. The Hall–Kier alpha value is -4.49. The van der Waals surface area contributed by atoms with Gasteiger partial charge in [0.15, 0.2) is 5.58 Å². The number of aromatic carboxylic acids is 1. The Bertz CT molecular complexity index is 1660. The standard InChI is InChI=1S/C33H31N3O4/c1-21-9-16-31-29(19-21)36-32(40-31)24-12-10-22(11-13-24)20-39-30-8-3-2-5-23(30)17-18-34-26-6-4-7-27-25(26)14-15-28(35-27)33(37)38/h2-3,5,8-16,19,26,34H,4,6-7,17-18,20H2,1H3,(H,37,38). The minimum Gasteiger partial charge on any atom is -0.489 e. The highest BCUT2D eigenvalue weighted by Crippen LogP contribution is 2.29.